The molecule has 0 aliphatic rings. The summed E-state index contributed by atoms with van der Waals surface area (Å²) in [5.74, 6) is -0.360. The van der Waals surface area contributed by atoms with Crippen LogP contribution < -0.4 is 4.72 Å². The standard InChI is InChI=1S/C12H21N3O5S/c1-13-21(18,19)10-8-11(14(2)9-10)12(17)15(4-6-16)5-7-20-3/h8-9,13,16H,4-7H2,1-3H3. The van der Waals surface area contributed by atoms with Crippen molar-refractivity contribution in [3.8, 4) is 0 Å². The molecule has 0 saturated heterocycles. The Morgan fingerprint density at radius 3 is 2.67 bits per heavy atom. The summed E-state index contributed by atoms with van der Waals surface area (Å²) in [7, 11) is 0.810. The predicted octanol–water partition coefficient (Wildman–Crippen LogP) is -0.986. The van der Waals surface area contributed by atoms with Crippen LogP contribution >= 0.6 is 0 Å². The summed E-state index contributed by atoms with van der Waals surface area (Å²) < 4.78 is 32.1. The fourth-order valence-corrected chi connectivity index (χ4v) is 2.61. The molecule has 2 N–H and O–H groups in total. The Kier molecular flexibility index (Phi) is 6.34. The Bertz CT molecular complexity index is 582. The van der Waals surface area contributed by atoms with Gasteiger partial charge in [0, 0.05) is 33.4 Å². The maximum absolute atomic E-state index is 12.4. The van der Waals surface area contributed by atoms with Gasteiger partial charge in [-0.3, -0.25) is 4.79 Å². The molecule has 9 heteroatoms. The minimum atomic E-state index is -3.60. The molecular formula is C12H21N3O5S. The van der Waals surface area contributed by atoms with Gasteiger partial charge in [0.15, 0.2) is 0 Å². The SMILES string of the molecule is CNS(=O)(=O)c1cc(C(=O)N(CCO)CCOC)n(C)c1. The molecule has 0 saturated carbocycles. The third-order valence-corrected chi connectivity index (χ3v) is 4.38. The van der Waals surface area contributed by atoms with Crippen molar-refractivity contribution in [2.45, 2.75) is 4.90 Å². The van der Waals surface area contributed by atoms with Gasteiger partial charge in [-0.2, -0.15) is 0 Å². The topological polar surface area (TPSA) is 101 Å². The average Bonchev–Trinajstić information content (AvgIpc) is 2.85. The highest BCUT2D eigenvalue weighted by atomic mass is 32.2. The summed E-state index contributed by atoms with van der Waals surface area (Å²) in [5.41, 5.74) is 0.230. The highest BCUT2D eigenvalue weighted by molar-refractivity contribution is 7.89. The first-order chi connectivity index (χ1) is 9.87. The molecule has 0 bridgehead atoms. The number of carbonyl (C=O) groups is 1. The lowest BCUT2D eigenvalue weighted by atomic mass is 10.3. The van der Waals surface area contributed by atoms with Gasteiger partial charge in [-0.15, -0.1) is 0 Å². The maximum atomic E-state index is 12.4. The number of ether oxygens (including phenoxy) is 1. The van der Waals surface area contributed by atoms with Crippen molar-refractivity contribution in [3.05, 3.63) is 18.0 Å². The van der Waals surface area contributed by atoms with Gasteiger partial charge in [-0.1, -0.05) is 0 Å². The molecule has 1 heterocycles. The molecule has 8 nitrogen and oxygen atoms in total. The summed E-state index contributed by atoms with van der Waals surface area (Å²) in [4.78, 5) is 13.8. The lowest BCUT2D eigenvalue weighted by molar-refractivity contribution is 0.0647. The highest BCUT2D eigenvalue weighted by Crippen LogP contribution is 2.15. The van der Waals surface area contributed by atoms with E-state index in [2.05, 4.69) is 4.72 Å². The molecule has 1 rings (SSSR count). The van der Waals surface area contributed by atoms with Crippen LogP contribution in [-0.4, -0.2) is 69.4 Å². The van der Waals surface area contributed by atoms with Crippen molar-refractivity contribution in [2.24, 2.45) is 7.05 Å². The molecule has 0 radical (unpaired) electrons. The second-order valence-electron chi connectivity index (χ2n) is 4.39. The monoisotopic (exact) mass is 319 g/mol. The van der Waals surface area contributed by atoms with E-state index in [4.69, 9.17) is 9.84 Å². The fourth-order valence-electron chi connectivity index (χ4n) is 1.81. The van der Waals surface area contributed by atoms with E-state index in [9.17, 15) is 13.2 Å². The van der Waals surface area contributed by atoms with Crippen LogP contribution in [0.3, 0.4) is 0 Å². The van der Waals surface area contributed by atoms with Gasteiger partial charge in [-0.25, -0.2) is 13.1 Å². The molecular weight excluding hydrogens is 298 g/mol. The molecule has 0 atom stereocenters. The summed E-state index contributed by atoms with van der Waals surface area (Å²) in [5, 5.41) is 9.03. The lowest BCUT2D eigenvalue weighted by Crippen LogP contribution is -2.37. The van der Waals surface area contributed by atoms with Crippen LogP contribution in [0.2, 0.25) is 0 Å². The zero-order chi connectivity index (χ0) is 16.0. The van der Waals surface area contributed by atoms with Gasteiger partial charge in [0.25, 0.3) is 5.91 Å². The molecule has 0 fully saturated rings. The number of sulfonamides is 1. The zero-order valence-corrected chi connectivity index (χ0v) is 13.2. The number of aliphatic hydroxyl groups is 1. The van der Waals surface area contributed by atoms with Gasteiger partial charge in [0.2, 0.25) is 10.0 Å². The average molecular weight is 319 g/mol. The third-order valence-electron chi connectivity index (χ3n) is 3.00. The van der Waals surface area contributed by atoms with Crippen LogP contribution in [-0.2, 0) is 21.8 Å². The molecule has 1 aromatic heterocycles. The Hall–Kier alpha value is -1.42. The molecule has 1 aromatic rings. The first kappa shape index (κ1) is 17.6. The first-order valence-electron chi connectivity index (χ1n) is 6.36. The van der Waals surface area contributed by atoms with Gasteiger partial charge in [-0.05, 0) is 13.1 Å². The van der Waals surface area contributed by atoms with Crippen LogP contribution in [0.15, 0.2) is 17.2 Å². The summed E-state index contributed by atoms with van der Waals surface area (Å²) >= 11 is 0. The molecule has 0 spiro atoms. The minimum Gasteiger partial charge on any atom is -0.395 e. The molecule has 0 unspecified atom stereocenters. The Balaban J connectivity index is 3.05. The van der Waals surface area contributed by atoms with Gasteiger partial charge >= 0.3 is 0 Å². The summed E-state index contributed by atoms with van der Waals surface area (Å²) in [6.45, 7) is 0.621. The number of aromatic nitrogens is 1. The predicted molar refractivity (Wildman–Crippen MR) is 76.5 cm³/mol. The second kappa shape index (κ2) is 7.55. The molecule has 0 aliphatic heterocycles. The quantitative estimate of drug-likeness (QED) is 0.641. The van der Waals surface area contributed by atoms with Gasteiger partial charge in [0.05, 0.1) is 13.2 Å². The number of aryl methyl sites for hydroxylation is 1. The van der Waals surface area contributed by atoms with E-state index in [0.29, 0.717) is 13.2 Å². The van der Waals surface area contributed by atoms with E-state index in [0.717, 1.165) is 0 Å². The number of aliphatic hydroxyl groups excluding tert-OH is 1. The van der Waals surface area contributed by atoms with E-state index >= 15 is 0 Å². The first-order valence-corrected chi connectivity index (χ1v) is 7.84. The number of hydrogen-bond acceptors (Lipinski definition) is 5. The number of methoxy groups -OCH3 is 1. The number of nitrogens with zero attached hydrogens (tertiary/aromatic N) is 2. The number of nitrogens with one attached hydrogen (secondary N) is 1. The number of hydrogen-bond donors (Lipinski definition) is 2. The Morgan fingerprint density at radius 2 is 2.14 bits per heavy atom. The molecule has 1 amide bonds. The van der Waals surface area contributed by atoms with Crippen LogP contribution in [0.1, 0.15) is 10.5 Å². The van der Waals surface area contributed by atoms with E-state index < -0.39 is 10.0 Å². The zero-order valence-electron chi connectivity index (χ0n) is 12.4. The largest absolute Gasteiger partial charge is 0.395 e. The van der Waals surface area contributed by atoms with Gasteiger partial charge < -0.3 is 19.3 Å². The van der Waals surface area contributed by atoms with Crippen LogP contribution in [0.25, 0.3) is 0 Å². The second-order valence-corrected chi connectivity index (χ2v) is 6.27. The lowest BCUT2D eigenvalue weighted by Gasteiger charge is -2.21. The van der Waals surface area contributed by atoms with E-state index in [1.54, 1.807) is 7.05 Å². The highest BCUT2D eigenvalue weighted by Gasteiger charge is 2.22. The Morgan fingerprint density at radius 1 is 1.48 bits per heavy atom. The van der Waals surface area contributed by atoms with Crippen LogP contribution in [0, 0.1) is 0 Å². The van der Waals surface area contributed by atoms with Crippen molar-refractivity contribution in [1.82, 2.24) is 14.2 Å². The van der Waals surface area contributed by atoms with Crippen molar-refractivity contribution < 1.29 is 23.1 Å². The van der Waals surface area contributed by atoms with Crippen LogP contribution in [0.5, 0.6) is 0 Å². The van der Waals surface area contributed by atoms with E-state index in [-0.39, 0.29) is 29.6 Å². The summed E-state index contributed by atoms with van der Waals surface area (Å²) in [6.07, 6.45) is 1.37. The van der Waals surface area contributed by atoms with Crippen molar-refractivity contribution in [1.29, 1.82) is 0 Å². The molecule has 120 valence electrons. The van der Waals surface area contributed by atoms with Crippen LogP contribution in [0.4, 0.5) is 0 Å². The fraction of sp³-hybridized carbons (Fsp3) is 0.583. The molecule has 0 aliphatic carbocycles. The normalized spacial score (nSPS) is 11.6. The molecule has 21 heavy (non-hydrogen) atoms. The van der Waals surface area contributed by atoms with Crippen molar-refractivity contribution in [3.63, 3.8) is 0 Å². The van der Waals surface area contributed by atoms with E-state index in [1.165, 1.54) is 35.9 Å². The number of amides is 1. The minimum absolute atomic E-state index is 0.0199. The number of rotatable bonds is 8. The van der Waals surface area contributed by atoms with Crippen molar-refractivity contribution in [2.75, 3.05) is 40.5 Å². The van der Waals surface area contributed by atoms with Crippen molar-refractivity contribution >= 4 is 15.9 Å². The smallest absolute Gasteiger partial charge is 0.270 e. The number of carbonyl (C=O) groups excluding carboxylic acids is 1. The van der Waals surface area contributed by atoms with Gasteiger partial charge in [0.1, 0.15) is 10.6 Å². The molecule has 0 aromatic carbocycles. The summed E-state index contributed by atoms with van der Waals surface area (Å²) in [6, 6.07) is 1.31. The van der Waals surface area contributed by atoms with E-state index in [1.807, 2.05) is 0 Å². The Labute approximate surface area is 124 Å². The third kappa shape index (κ3) is 4.27. The maximum Gasteiger partial charge on any atom is 0.270 e.